The molecule has 0 N–H and O–H groups in total. The predicted octanol–water partition coefficient (Wildman–Crippen LogP) is 0.674. The molecule has 78 valence electrons. The third-order valence-electron chi connectivity index (χ3n) is 1.91. The quantitative estimate of drug-likeness (QED) is 0.624. The van der Waals surface area contributed by atoms with E-state index in [9.17, 15) is 9.59 Å². The average molecular weight is 199 g/mol. The average Bonchev–Trinajstić information content (AvgIpc) is 2.62. The molecule has 0 aromatic carbocycles. The molecular formula is C9H13NO4. The Morgan fingerprint density at radius 3 is 2.86 bits per heavy atom. The van der Waals surface area contributed by atoms with E-state index in [0.29, 0.717) is 6.42 Å². The highest BCUT2D eigenvalue weighted by atomic mass is 16.6. The summed E-state index contributed by atoms with van der Waals surface area (Å²) in [4.78, 5) is 26.7. The minimum atomic E-state index is -0.565. The van der Waals surface area contributed by atoms with Gasteiger partial charge in [-0.15, -0.1) is 0 Å². The Balaban J connectivity index is 2.31. The Hall–Kier alpha value is -1.39. The zero-order chi connectivity index (χ0) is 10.6. The van der Waals surface area contributed by atoms with Crippen molar-refractivity contribution in [2.45, 2.75) is 32.8 Å². The summed E-state index contributed by atoms with van der Waals surface area (Å²) in [5, 5.41) is 3.74. The van der Waals surface area contributed by atoms with E-state index >= 15 is 0 Å². The molecule has 0 aromatic rings. The Labute approximate surface area is 82.1 Å². The fraction of sp³-hybridized carbons (Fsp3) is 0.667. The molecule has 5 heteroatoms. The summed E-state index contributed by atoms with van der Waals surface area (Å²) in [5.41, 5.74) is 0.867. The SMILES string of the molecule is CCC1=NOC(C(=O)COC(C)=O)C1. The molecule has 0 spiro atoms. The first-order valence-electron chi connectivity index (χ1n) is 4.51. The number of carbonyl (C=O) groups excluding carboxylic acids is 2. The van der Waals surface area contributed by atoms with Crippen LogP contribution in [0.3, 0.4) is 0 Å². The molecule has 1 rings (SSSR count). The van der Waals surface area contributed by atoms with Crippen LogP contribution in [0.5, 0.6) is 0 Å². The molecule has 0 amide bonds. The number of esters is 1. The molecule has 0 aromatic heterocycles. The molecule has 0 radical (unpaired) electrons. The van der Waals surface area contributed by atoms with Gasteiger partial charge in [-0.2, -0.15) is 0 Å². The molecule has 5 nitrogen and oxygen atoms in total. The van der Waals surface area contributed by atoms with Gasteiger partial charge in [-0.1, -0.05) is 12.1 Å². The summed E-state index contributed by atoms with van der Waals surface area (Å²) in [7, 11) is 0. The van der Waals surface area contributed by atoms with E-state index in [-0.39, 0.29) is 12.4 Å². The van der Waals surface area contributed by atoms with Gasteiger partial charge in [0.25, 0.3) is 0 Å². The number of ether oxygens (including phenoxy) is 1. The number of rotatable bonds is 4. The van der Waals surface area contributed by atoms with Crippen molar-refractivity contribution in [3.05, 3.63) is 0 Å². The van der Waals surface area contributed by atoms with Crippen LogP contribution in [0.25, 0.3) is 0 Å². The van der Waals surface area contributed by atoms with Crippen molar-refractivity contribution < 1.29 is 19.2 Å². The Morgan fingerprint density at radius 2 is 2.36 bits per heavy atom. The van der Waals surface area contributed by atoms with Crippen LogP contribution in [0.2, 0.25) is 0 Å². The number of nitrogens with zero attached hydrogens (tertiary/aromatic N) is 1. The summed E-state index contributed by atoms with van der Waals surface area (Å²) in [5.74, 6) is -0.708. The molecule has 0 fully saturated rings. The van der Waals surface area contributed by atoms with Gasteiger partial charge < -0.3 is 9.57 Å². The van der Waals surface area contributed by atoms with Gasteiger partial charge in [0.1, 0.15) is 0 Å². The molecule has 0 saturated heterocycles. The van der Waals surface area contributed by atoms with Gasteiger partial charge in [0.05, 0.1) is 5.71 Å². The molecule has 1 heterocycles. The van der Waals surface area contributed by atoms with Gasteiger partial charge >= 0.3 is 5.97 Å². The second-order valence-electron chi connectivity index (χ2n) is 3.06. The van der Waals surface area contributed by atoms with Crippen LogP contribution in [-0.4, -0.2) is 30.2 Å². The van der Waals surface area contributed by atoms with Crippen molar-refractivity contribution in [1.29, 1.82) is 0 Å². The van der Waals surface area contributed by atoms with Gasteiger partial charge in [0.15, 0.2) is 12.7 Å². The first-order chi connectivity index (χ1) is 6.63. The lowest BCUT2D eigenvalue weighted by Gasteiger charge is -2.06. The molecule has 1 aliphatic rings. The first-order valence-corrected chi connectivity index (χ1v) is 4.51. The molecule has 1 aliphatic heterocycles. The van der Waals surface area contributed by atoms with Crippen LogP contribution in [0.4, 0.5) is 0 Å². The van der Waals surface area contributed by atoms with Crippen molar-refractivity contribution in [2.24, 2.45) is 5.16 Å². The Bertz CT molecular complexity index is 272. The van der Waals surface area contributed by atoms with Crippen LogP contribution in [0.1, 0.15) is 26.7 Å². The first kappa shape index (κ1) is 10.7. The fourth-order valence-corrected chi connectivity index (χ4v) is 1.07. The number of oxime groups is 1. The Kier molecular flexibility index (Phi) is 3.62. The standard InChI is InChI=1S/C9H13NO4/c1-3-7-4-9(14-10-7)8(12)5-13-6(2)11/h9H,3-5H2,1-2H3. The molecule has 0 aliphatic carbocycles. The molecular weight excluding hydrogens is 186 g/mol. The highest BCUT2D eigenvalue weighted by Gasteiger charge is 2.27. The molecule has 1 unspecified atom stereocenters. The van der Waals surface area contributed by atoms with E-state index in [1.807, 2.05) is 6.92 Å². The van der Waals surface area contributed by atoms with Gasteiger partial charge in [-0.05, 0) is 6.42 Å². The highest BCUT2D eigenvalue weighted by molar-refractivity contribution is 5.94. The van der Waals surface area contributed by atoms with Crippen molar-refractivity contribution in [1.82, 2.24) is 0 Å². The number of ketones is 1. The zero-order valence-electron chi connectivity index (χ0n) is 8.28. The van der Waals surface area contributed by atoms with E-state index in [2.05, 4.69) is 9.89 Å². The third kappa shape index (κ3) is 2.83. The lowest BCUT2D eigenvalue weighted by molar-refractivity contribution is -0.148. The lowest BCUT2D eigenvalue weighted by atomic mass is 10.1. The summed E-state index contributed by atoms with van der Waals surface area (Å²) in [6.07, 6.45) is 0.720. The molecule has 0 bridgehead atoms. The monoisotopic (exact) mass is 199 g/mol. The normalized spacial score (nSPS) is 19.9. The van der Waals surface area contributed by atoms with E-state index in [1.54, 1.807) is 0 Å². The molecule has 1 atom stereocenters. The van der Waals surface area contributed by atoms with Crippen molar-refractivity contribution in [3.8, 4) is 0 Å². The largest absolute Gasteiger partial charge is 0.458 e. The fourth-order valence-electron chi connectivity index (χ4n) is 1.07. The van der Waals surface area contributed by atoms with Crippen LogP contribution in [0, 0.1) is 0 Å². The van der Waals surface area contributed by atoms with Crippen molar-refractivity contribution in [3.63, 3.8) is 0 Å². The second-order valence-corrected chi connectivity index (χ2v) is 3.06. The number of hydrogen-bond acceptors (Lipinski definition) is 5. The van der Waals surface area contributed by atoms with Gasteiger partial charge in [-0.25, -0.2) is 0 Å². The van der Waals surface area contributed by atoms with E-state index in [4.69, 9.17) is 4.84 Å². The summed E-state index contributed by atoms with van der Waals surface area (Å²) in [6.45, 7) is 2.98. The summed E-state index contributed by atoms with van der Waals surface area (Å²) < 4.78 is 4.57. The number of Topliss-reactive ketones (excluding diaryl/α,β-unsaturated/α-hetero) is 1. The van der Waals surface area contributed by atoms with E-state index in [1.165, 1.54) is 6.92 Å². The predicted molar refractivity (Wildman–Crippen MR) is 48.9 cm³/mol. The van der Waals surface area contributed by atoms with Crippen molar-refractivity contribution in [2.75, 3.05) is 6.61 Å². The van der Waals surface area contributed by atoms with Crippen LogP contribution in [-0.2, 0) is 19.2 Å². The number of carbonyl (C=O) groups is 2. The maximum atomic E-state index is 11.3. The lowest BCUT2D eigenvalue weighted by Crippen LogP contribution is -2.26. The maximum Gasteiger partial charge on any atom is 0.303 e. The van der Waals surface area contributed by atoms with E-state index in [0.717, 1.165) is 12.1 Å². The third-order valence-corrected chi connectivity index (χ3v) is 1.91. The van der Waals surface area contributed by atoms with Crippen LogP contribution in [0.15, 0.2) is 5.16 Å². The maximum absolute atomic E-state index is 11.3. The molecule has 0 saturated carbocycles. The summed E-state index contributed by atoms with van der Waals surface area (Å²) in [6, 6.07) is 0. The van der Waals surface area contributed by atoms with Gasteiger partial charge in [0.2, 0.25) is 5.78 Å². The topological polar surface area (TPSA) is 65.0 Å². The van der Waals surface area contributed by atoms with Crippen molar-refractivity contribution >= 4 is 17.5 Å². The minimum Gasteiger partial charge on any atom is -0.458 e. The zero-order valence-corrected chi connectivity index (χ0v) is 8.28. The van der Waals surface area contributed by atoms with Crippen LogP contribution < -0.4 is 0 Å². The second kappa shape index (κ2) is 4.74. The molecule has 14 heavy (non-hydrogen) atoms. The minimum absolute atomic E-state index is 0.230. The van der Waals surface area contributed by atoms with Gasteiger partial charge in [-0.3, -0.25) is 9.59 Å². The Morgan fingerprint density at radius 1 is 1.64 bits per heavy atom. The smallest absolute Gasteiger partial charge is 0.303 e. The van der Waals surface area contributed by atoms with E-state index < -0.39 is 12.1 Å². The van der Waals surface area contributed by atoms with Gasteiger partial charge in [0, 0.05) is 13.3 Å². The summed E-state index contributed by atoms with van der Waals surface area (Å²) >= 11 is 0. The van der Waals surface area contributed by atoms with Crippen LogP contribution >= 0.6 is 0 Å². The highest BCUT2D eigenvalue weighted by Crippen LogP contribution is 2.13. The number of hydrogen-bond donors (Lipinski definition) is 0.